The van der Waals surface area contributed by atoms with Crippen LogP contribution in [0.2, 0.25) is 0 Å². The SMILES string of the molecule is COc1ccc(F)c([C@@H]2[C@@H](C3CSC(N)=N3)C2(C)C)c1. The van der Waals surface area contributed by atoms with E-state index in [1.807, 2.05) is 6.07 Å². The lowest BCUT2D eigenvalue weighted by Gasteiger charge is -2.07. The van der Waals surface area contributed by atoms with Crippen molar-refractivity contribution in [3.05, 3.63) is 29.6 Å². The molecule has 0 spiro atoms. The molecule has 1 aliphatic heterocycles. The van der Waals surface area contributed by atoms with Crippen LogP contribution in [0.1, 0.15) is 25.3 Å². The first-order chi connectivity index (χ1) is 9.45. The van der Waals surface area contributed by atoms with Gasteiger partial charge in [-0.1, -0.05) is 25.6 Å². The molecule has 1 heterocycles. The first kappa shape index (κ1) is 13.7. The number of thioether (sulfide) groups is 1. The Kier molecular flexibility index (Phi) is 3.20. The number of nitrogens with two attached hydrogens (primary N) is 1. The number of rotatable bonds is 3. The van der Waals surface area contributed by atoms with E-state index in [-0.39, 0.29) is 23.2 Å². The second kappa shape index (κ2) is 4.65. The van der Waals surface area contributed by atoms with Gasteiger partial charge in [0.05, 0.1) is 13.2 Å². The van der Waals surface area contributed by atoms with E-state index in [1.54, 1.807) is 24.9 Å². The van der Waals surface area contributed by atoms with Crippen molar-refractivity contribution in [2.75, 3.05) is 12.9 Å². The minimum absolute atomic E-state index is 0.0482. The summed E-state index contributed by atoms with van der Waals surface area (Å²) in [7, 11) is 1.60. The first-order valence-electron chi connectivity index (χ1n) is 6.74. The van der Waals surface area contributed by atoms with E-state index in [4.69, 9.17) is 10.5 Å². The van der Waals surface area contributed by atoms with Crippen LogP contribution in [0.4, 0.5) is 4.39 Å². The number of aliphatic imine (C=N–C) groups is 1. The Hall–Kier alpha value is -1.23. The summed E-state index contributed by atoms with van der Waals surface area (Å²) in [4.78, 5) is 4.50. The second-order valence-corrected chi connectivity index (χ2v) is 7.10. The monoisotopic (exact) mass is 294 g/mol. The third-order valence-corrected chi connectivity index (χ3v) is 5.47. The van der Waals surface area contributed by atoms with E-state index in [0.29, 0.717) is 16.8 Å². The van der Waals surface area contributed by atoms with Gasteiger partial charge in [-0.05, 0) is 41.0 Å². The van der Waals surface area contributed by atoms with Crippen LogP contribution in [0.25, 0.3) is 0 Å². The normalized spacial score (nSPS) is 31.0. The standard InChI is InChI=1S/C15H19FN2OS/c1-15(2)12(13(15)11-7-20-14(17)18-11)9-6-8(19-3)4-5-10(9)16/h4-6,11-13H,7H2,1-3H3,(H2,17,18)/t11?,12-,13-/m1/s1. The zero-order valence-electron chi connectivity index (χ0n) is 11.9. The average Bonchev–Trinajstić information content (AvgIpc) is 2.75. The largest absolute Gasteiger partial charge is 0.497 e. The Morgan fingerprint density at radius 1 is 1.45 bits per heavy atom. The van der Waals surface area contributed by atoms with Gasteiger partial charge in [-0.3, -0.25) is 4.99 Å². The van der Waals surface area contributed by atoms with Crippen LogP contribution in [-0.2, 0) is 0 Å². The zero-order valence-corrected chi connectivity index (χ0v) is 12.7. The number of benzene rings is 1. The predicted octanol–water partition coefficient (Wildman–Crippen LogP) is 3.00. The first-order valence-corrected chi connectivity index (χ1v) is 7.73. The van der Waals surface area contributed by atoms with Crippen LogP contribution < -0.4 is 10.5 Å². The fourth-order valence-corrected chi connectivity index (χ4v) is 4.30. The Bertz CT molecular complexity index is 573. The van der Waals surface area contributed by atoms with Gasteiger partial charge in [0.2, 0.25) is 0 Å². The van der Waals surface area contributed by atoms with E-state index in [0.717, 1.165) is 11.3 Å². The number of hydrogen-bond donors (Lipinski definition) is 1. The summed E-state index contributed by atoms with van der Waals surface area (Å²) in [5.41, 5.74) is 6.55. The number of ether oxygens (including phenoxy) is 1. The van der Waals surface area contributed by atoms with Crippen molar-refractivity contribution < 1.29 is 9.13 Å². The number of nitrogens with zero attached hydrogens (tertiary/aromatic N) is 1. The number of methoxy groups -OCH3 is 1. The third-order valence-electron chi connectivity index (χ3n) is 4.56. The van der Waals surface area contributed by atoms with Crippen molar-refractivity contribution in [1.82, 2.24) is 0 Å². The maximum atomic E-state index is 14.2. The lowest BCUT2D eigenvalue weighted by atomic mass is 10.0. The van der Waals surface area contributed by atoms with Gasteiger partial charge in [0.1, 0.15) is 11.6 Å². The molecule has 0 aromatic heterocycles. The summed E-state index contributed by atoms with van der Waals surface area (Å²) < 4.78 is 19.4. The van der Waals surface area contributed by atoms with Gasteiger partial charge in [-0.2, -0.15) is 0 Å². The topological polar surface area (TPSA) is 47.6 Å². The summed E-state index contributed by atoms with van der Waals surface area (Å²) in [5, 5.41) is 0.655. The molecule has 2 N–H and O–H groups in total. The lowest BCUT2D eigenvalue weighted by molar-refractivity contribution is 0.412. The summed E-state index contributed by atoms with van der Waals surface area (Å²) >= 11 is 1.59. The zero-order chi connectivity index (χ0) is 14.5. The summed E-state index contributed by atoms with van der Waals surface area (Å²) in [5.74, 6) is 1.97. The molecule has 20 heavy (non-hydrogen) atoms. The number of halogens is 1. The van der Waals surface area contributed by atoms with Gasteiger partial charge in [-0.15, -0.1) is 0 Å². The highest BCUT2D eigenvalue weighted by Gasteiger charge is 2.62. The molecule has 0 amide bonds. The van der Waals surface area contributed by atoms with E-state index >= 15 is 0 Å². The smallest absolute Gasteiger partial charge is 0.154 e. The van der Waals surface area contributed by atoms with Gasteiger partial charge in [0.15, 0.2) is 5.17 Å². The molecular weight excluding hydrogens is 275 g/mol. The Balaban J connectivity index is 1.91. The molecule has 0 bridgehead atoms. The highest BCUT2D eigenvalue weighted by molar-refractivity contribution is 8.14. The number of amidine groups is 1. The molecule has 3 nitrogen and oxygen atoms in total. The summed E-state index contributed by atoms with van der Waals surface area (Å²) in [6.45, 7) is 4.35. The van der Waals surface area contributed by atoms with Gasteiger partial charge >= 0.3 is 0 Å². The van der Waals surface area contributed by atoms with Crippen LogP contribution in [-0.4, -0.2) is 24.1 Å². The molecule has 0 radical (unpaired) electrons. The molecule has 1 aromatic carbocycles. The van der Waals surface area contributed by atoms with E-state index < -0.39 is 0 Å². The summed E-state index contributed by atoms with van der Waals surface area (Å²) in [6, 6.07) is 5.16. The Morgan fingerprint density at radius 2 is 2.20 bits per heavy atom. The molecule has 1 aliphatic carbocycles. The molecule has 1 aromatic rings. The molecule has 5 heteroatoms. The maximum absolute atomic E-state index is 14.2. The van der Waals surface area contributed by atoms with Crippen LogP contribution in [0.15, 0.2) is 23.2 Å². The molecule has 3 rings (SSSR count). The minimum Gasteiger partial charge on any atom is -0.497 e. The molecule has 1 fully saturated rings. The van der Waals surface area contributed by atoms with E-state index in [1.165, 1.54) is 6.07 Å². The maximum Gasteiger partial charge on any atom is 0.154 e. The number of hydrogen-bond acceptors (Lipinski definition) is 4. The quantitative estimate of drug-likeness (QED) is 0.932. The van der Waals surface area contributed by atoms with Crippen molar-refractivity contribution in [3.8, 4) is 5.75 Å². The van der Waals surface area contributed by atoms with Gasteiger partial charge in [-0.25, -0.2) is 4.39 Å². The molecule has 1 unspecified atom stereocenters. The minimum atomic E-state index is -0.158. The van der Waals surface area contributed by atoms with Gasteiger partial charge in [0.25, 0.3) is 0 Å². The van der Waals surface area contributed by atoms with Crippen molar-refractivity contribution in [1.29, 1.82) is 0 Å². The molecule has 3 atom stereocenters. The lowest BCUT2D eigenvalue weighted by Crippen LogP contribution is -2.11. The fraction of sp³-hybridized carbons (Fsp3) is 0.533. The molecule has 0 saturated heterocycles. The summed E-state index contributed by atoms with van der Waals surface area (Å²) in [6.07, 6.45) is 0. The van der Waals surface area contributed by atoms with E-state index in [2.05, 4.69) is 18.8 Å². The van der Waals surface area contributed by atoms with Gasteiger partial charge in [0, 0.05) is 5.75 Å². The Labute approximate surface area is 122 Å². The predicted molar refractivity (Wildman–Crippen MR) is 80.8 cm³/mol. The molecule has 108 valence electrons. The second-order valence-electron chi connectivity index (χ2n) is 6.06. The third kappa shape index (κ3) is 2.08. The van der Waals surface area contributed by atoms with Gasteiger partial charge < -0.3 is 10.5 Å². The fourth-order valence-electron chi connectivity index (χ4n) is 3.47. The van der Waals surface area contributed by atoms with Crippen molar-refractivity contribution >= 4 is 16.9 Å². The van der Waals surface area contributed by atoms with Crippen molar-refractivity contribution in [2.24, 2.45) is 22.1 Å². The Morgan fingerprint density at radius 3 is 2.80 bits per heavy atom. The molecular formula is C15H19FN2OS. The van der Waals surface area contributed by atoms with Crippen LogP contribution >= 0.6 is 11.8 Å². The van der Waals surface area contributed by atoms with Crippen molar-refractivity contribution in [3.63, 3.8) is 0 Å². The average molecular weight is 294 g/mol. The highest BCUT2D eigenvalue weighted by atomic mass is 32.2. The van der Waals surface area contributed by atoms with Crippen LogP contribution in [0, 0.1) is 17.2 Å². The van der Waals surface area contributed by atoms with E-state index in [9.17, 15) is 4.39 Å². The van der Waals surface area contributed by atoms with Crippen LogP contribution in [0.5, 0.6) is 5.75 Å². The van der Waals surface area contributed by atoms with Crippen LogP contribution in [0.3, 0.4) is 0 Å². The highest BCUT2D eigenvalue weighted by Crippen LogP contribution is 2.67. The molecule has 1 saturated carbocycles. The molecule has 2 aliphatic rings. The van der Waals surface area contributed by atoms with Crippen molar-refractivity contribution in [2.45, 2.75) is 25.8 Å².